The van der Waals surface area contributed by atoms with E-state index in [4.69, 9.17) is 4.74 Å². The molecule has 42 heavy (non-hydrogen) atoms. The van der Waals surface area contributed by atoms with E-state index in [0.29, 0.717) is 17.9 Å². The monoisotopic (exact) mass is 580 g/mol. The molecule has 0 amide bonds. The molecule has 4 rings (SSSR count). The van der Waals surface area contributed by atoms with Crippen LogP contribution in [0.4, 0.5) is 19.0 Å². The number of carbonyl (C=O) groups excluding carboxylic acids is 3. The van der Waals surface area contributed by atoms with E-state index in [2.05, 4.69) is 29.7 Å². The Morgan fingerprint density at radius 2 is 1.64 bits per heavy atom. The first kappa shape index (κ1) is 29.6. The SMILES string of the molecule is COC(=O)c1ccc(C(CC(=O)OC(=O)C(F)(F)F)c2ccnc(Oc3ccc(CNc4ccccn4)cc3)n2)cc1. The van der Waals surface area contributed by atoms with Crippen LogP contribution in [0.2, 0.25) is 0 Å². The molecule has 216 valence electrons. The van der Waals surface area contributed by atoms with Gasteiger partial charge in [0.15, 0.2) is 0 Å². The standard InChI is InChI=1S/C29H23F3N4O6/c1-40-26(38)20-9-7-19(8-10-20)22(16-25(37)42-27(39)29(30,31)32)23-13-15-34-28(36-23)41-21-11-5-18(6-12-21)17-35-24-4-2-3-14-33-24/h2-15,22H,16-17H2,1H3,(H,33,35). The number of halogens is 3. The van der Waals surface area contributed by atoms with Crippen molar-refractivity contribution in [3.8, 4) is 11.8 Å². The molecule has 0 spiro atoms. The first-order chi connectivity index (χ1) is 20.1. The Labute approximate surface area is 237 Å². The molecule has 0 fully saturated rings. The average molecular weight is 581 g/mol. The number of benzene rings is 2. The number of ether oxygens (including phenoxy) is 3. The molecule has 13 heteroatoms. The number of hydrogen-bond acceptors (Lipinski definition) is 10. The van der Waals surface area contributed by atoms with E-state index >= 15 is 0 Å². The first-order valence-corrected chi connectivity index (χ1v) is 12.4. The number of anilines is 1. The molecule has 0 bridgehead atoms. The summed E-state index contributed by atoms with van der Waals surface area (Å²) in [6.07, 6.45) is -2.98. The summed E-state index contributed by atoms with van der Waals surface area (Å²) in [6, 6.07) is 19.7. The molecule has 10 nitrogen and oxygen atoms in total. The zero-order valence-electron chi connectivity index (χ0n) is 22.0. The van der Waals surface area contributed by atoms with Crippen molar-refractivity contribution in [2.24, 2.45) is 0 Å². The summed E-state index contributed by atoms with van der Waals surface area (Å²) in [6.45, 7) is 0.521. The zero-order chi connectivity index (χ0) is 30.1. The molecule has 1 unspecified atom stereocenters. The largest absolute Gasteiger partial charge is 0.491 e. The van der Waals surface area contributed by atoms with E-state index in [1.165, 1.54) is 43.6 Å². The normalized spacial score (nSPS) is 11.7. The van der Waals surface area contributed by atoms with Gasteiger partial charge in [-0.25, -0.2) is 19.6 Å². The van der Waals surface area contributed by atoms with E-state index in [1.807, 2.05) is 30.3 Å². The van der Waals surface area contributed by atoms with Crippen LogP contribution in [0, 0.1) is 0 Å². The van der Waals surface area contributed by atoms with Crippen LogP contribution in [0.5, 0.6) is 11.8 Å². The minimum Gasteiger partial charge on any atom is -0.465 e. The molecule has 0 aliphatic rings. The van der Waals surface area contributed by atoms with Crippen molar-refractivity contribution in [2.45, 2.75) is 25.1 Å². The van der Waals surface area contributed by atoms with Gasteiger partial charge in [0, 0.05) is 24.9 Å². The van der Waals surface area contributed by atoms with Crippen molar-refractivity contribution in [2.75, 3.05) is 12.4 Å². The molecule has 0 saturated heterocycles. The van der Waals surface area contributed by atoms with Crippen molar-refractivity contribution in [1.82, 2.24) is 15.0 Å². The maximum absolute atomic E-state index is 12.6. The van der Waals surface area contributed by atoms with Gasteiger partial charge in [0.25, 0.3) is 0 Å². The van der Waals surface area contributed by atoms with Crippen LogP contribution >= 0.6 is 0 Å². The summed E-state index contributed by atoms with van der Waals surface area (Å²) in [5.74, 6) is -4.50. The molecule has 1 N–H and O–H groups in total. The van der Waals surface area contributed by atoms with Crippen LogP contribution in [0.3, 0.4) is 0 Å². The lowest BCUT2D eigenvalue weighted by Gasteiger charge is -2.17. The average Bonchev–Trinajstić information content (AvgIpc) is 2.99. The number of aromatic nitrogens is 3. The predicted octanol–water partition coefficient (Wildman–Crippen LogP) is 5.22. The quantitative estimate of drug-likeness (QED) is 0.197. The Kier molecular flexibility index (Phi) is 9.42. The second-order valence-corrected chi connectivity index (χ2v) is 8.71. The molecule has 0 radical (unpaired) electrons. The third kappa shape index (κ3) is 8.10. The third-order valence-corrected chi connectivity index (χ3v) is 5.83. The summed E-state index contributed by atoms with van der Waals surface area (Å²) < 4.78 is 52.3. The number of methoxy groups -OCH3 is 1. The summed E-state index contributed by atoms with van der Waals surface area (Å²) in [5.41, 5.74) is 1.75. The van der Waals surface area contributed by atoms with Crippen LogP contribution in [-0.2, 0) is 25.6 Å². The number of pyridine rings is 1. The maximum atomic E-state index is 12.6. The van der Waals surface area contributed by atoms with E-state index in [-0.39, 0.29) is 17.3 Å². The smallest absolute Gasteiger partial charge is 0.465 e. The summed E-state index contributed by atoms with van der Waals surface area (Å²) in [7, 11) is 1.21. The second kappa shape index (κ2) is 13.4. The number of alkyl halides is 3. The zero-order valence-corrected chi connectivity index (χ0v) is 22.0. The molecule has 1 atom stereocenters. The number of esters is 3. The molecule has 0 aliphatic carbocycles. The molecule has 0 aliphatic heterocycles. The highest BCUT2D eigenvalue weighted by molar-refractivity contribution is 5.90. The van der Waals surface area contributed by atoms with Gasteiger partial charge in [0.1, 0.15) is 11.6 Å². The van der Waals surface area contributed by atoms with E-state index in [1.54, 1.807) is 18.3 Å². The van der Waals surface area contributed by atoms with Crippen LogP contribution < -0.4 is 10.1 Å². The Morgan fingerprint density at radius 3 is 2.29 bits per heavy atom. The number of carbonyl (C=O) groups is 3. The van der Waals surface area contributed by atoms with Gasteiger partial charge >= 0.3 is 30.1 Å². The highest BCUT2D eigenvalue weighted by atomic mass is 19.4. The van der Waals surface area contributed by atoms with Crippen molar-refractivity contribution in [3.05, 3.63) is 108 Å². The number of nitrogens with zero attached hydrogens (tertiary/aromatic N) is 3. The summed E-state index contributed by atoms with van der Waals surface area (Å²) in [5, 5.41) is 3.19. The molecule has 2 heterocycles. The van der Waals surface area contributed by atoms with Gasteiger partial charge in [-0.1, -0.05) is 30.3 Å². The number of hydrogen-bond donors (Lipinski definition) is 1. The van der Waals surface area contributed by atoms with Crippen molar-refractivity contribution in [3.63, 3.8) is 0 Å². The first-order valence-electron chi connectivity index (χ1n) is 12.4. The van der Waals surface area contributed by atoms with Crippen molar-refractivity contribution in [1.29, 1.82) is 0 Å². The van der Waals surface area contributed by atoms with E-state index in [9.17, 15) is 27.6 Å². The van der Waals surface area contributed by atoms with Gasteiger partial charge in [-0.15, -0.1) is 0 Å². The van der Waals surface area contributed by atoms with Gasteiger partial charge in [-0.2, -0.15) is 18.2 Å². The molecule has 2 aromatic carbocycles. The van der Waals surface area contributed by atoms with Gasteiger partial charge in [-0.3, -0.25) is 4.79 Å². The molecular formula is C29H23F3N4O6. The van der Waals surface area contributed by atoms with E-state index < -0.39 is 36.4 Å². The van der Waals surface area contributed by atoms with Crippen molar-refractivity contribution >= 4 is 23.7 Å². The molecule has 0 saturated carbocycles. The summed E-state index contributed by atoms with van der Waals surface area (Å²) in [4.78, 5) is 48.0. The summed E-state index contributed by atoms with van der Waals surface area (Å²) >= 11 is 0. The maximum Gasteiger partial charge on any atom is 0.491 e. The minimum absolute atomic E-state index is 0.0947. The Hall–Kier alpha value is -5.33. The Bertz CT molecular complexity index is 1530. The van der Waals surface area contributed by atoms with Crippen LogP contribution in [0.25, 0.3) is 0 Å². The lowest BCUT2D eigenvalue weighted by atomic mass is 9.91. The highest BCUT2D eigenvalue weighted by Gasteiger charge is 2.42. The van der Waals surface area contributed by atoms with Crippen molar-refractivity contribution < 1.29 is 41.8 Å². The van der Waals surface area contributed by atoms with Crippen LogP contribution in [0.15, 0.2) is 85.2 Å². The number of rotatable bonds is 10. The van der Waals surface area contributed by atoms with Gasteiger partial charge in [-0.05, 0) is 53.6 Å². The van der Waals surface area contributed by atoms with Crippen LogP contribution in [-0.4, -0.2) is 46.1 Å². The molecule has 4 aromatic rings. The topological polar surface area (TPSA) is 130 Å². The fraction of sp³-hybridized carbons (Fsp3) is 0.172. The number of nitrogens with one attached hydrogen (secondary N) is 1. The minimum atomic E-state index is -5.34. The fourth-order valence-electron chi connectivity index (χ4n) is 3.77. The van der Waals surface area contributed by atoms with Gasteiger partial charge in [0.2, 0.25) is 0 Å². The predicted molar refractivity (Wildman–Crippen MR) is 142 cm³/mol. The molecular weight excluding hydrogens is 557 g/mol. The van der Waals surface area contributed by atoms with Crippen LogP contribution in [0.1, 0.15) is 39.5 Å². The lowest BCUT2D eigenvalue weighted by molar-refractivity contribution is -0.201. The van der Waals surface area contributed by atoms with E-state index in [0.717, 1.165) is 11.4 Å². The second-order valence-electron chi connectivity index (χ2n) is 8.71. The van der Waals surface area contributed by atoms with Gasteiger partial charge < -0.3 is 19.5 Å². The third-order valence-electron chi connectivity index (χ3n) is 5.83. The lowest BCUT2D eigenvalue weighted by Crippen LogP contribution is -2.28. The highest BCUT2D eigenvalue weighted by Crippen LogP contribution is 2.30. The Morgan fingerprint density at radius 1 is 0.905 bits per heavy atom. The van der Waals surface area contributed by atoms with Gasteiger partial charge in [0.05, 0.1) is 24.8 Å². The molecule has 2 aromatic heterocycles. The Balaban J connectivity index is 1.52. The fourth-order valence-corrected chi connectivity index (χ4v) is 3.77.